The van der Waals surface area contributed by atoms with Crippen LogP contribution in [0.1, 0.15) is 6.42 Å². The molecule has 1 heterocycles. The fourth-order valence-electron chi connectivity index (χ4n) is 0.651. The molecule has 0 aromatic carbocycles. The van der Waals surface area contributed by atoms with Gasteiger partial charge in [0.05, 0.1) is 4.58 Å². The number of hydrogen-bond donors (Lipinski definition) is 0. The van der Waals surface area contributed by atoms with Crippen molar-refractivity contribution in [2.75, 3.05) is 11.5 Å². The second kappa shape index (κ2) is 4.22. The van der Waals surface area contributed by atoms with Gasteiger partial charge in [-0.25, -0.2) is 0 Å². The van der Waals surface area contributed by atoms with Gasteiger partial charge >= 0.3 is 0 Å². The van der Waals surface area contributed by atoms with Crippen LogP contribution in [0.15, 0.2) is 0 Å². The minimum absolute atomic E-state index is 0.194. The molecule has 0 spiro atoms. The van der Waals surface area contributed by atoms with E-state index in [9.17, 15) is 0 Å². The van der Waals surface area contributed by atoms with Crippen molar-refractivity contribution in [3.63, 3.8) is 0 Å². The van der Waals surface area contributed by atoms with Gasteiger partial charge in [0, 0.05) is 0 Å². The Bertz CT molecular complexity index is 81.0. The molecule has 0 saturated carbocycles. The van der Waals surface area contributed by atoms with Gasteiger partial charge < -0.3 is 0 Å². The van der Waals surface area contributed by atoms with Crippen LogP contribution in [0.25, 0.3) is 0 Å². The van der Waals surface area contributed by atoms with Crippen LogP contribution in [0.5, 0.6) is 0 Å². The van der Waals surface area contributed by atoms with Crippen molar-refractivity contribution >= 4 is 46.7 Å². The lowest BCUT2D eigenvalue weighted by Crippen LogP contribution is -2.13. The van der Waals surface area contributed by atoms with Gasteiger partial charge in [-0.3, -0.25) is 0 Å². The molecule has 1 rings (SSSR count). The zero-order valence-corrected chi connectivity index (χ0v) is 7.99. The highest BCUT2D eigenvalue weighted by atomic mass is 35.5. The average Bonchev–Trinajstić information content (AvgIpc) is 1.90. The first-order valence-corrected chi connectivity index (χ1v) is 5.79. The molecule has 0 aromatic heterocycles. The van der Waals surface area contributed by atoms with Gasteiger partial charge in [0.1, 0.15) is 4.84 Å². The molecule has 4 heteroatoms. The smallest absolute Gasteiger partial charge is 0.128 e. The van der Waals surface area contributed by atoms with E-state index >= 15 is 0 Å². The molecule has 1 saturated heterocycles. The van der Waals surface area contributed by atoms with Crippen LogP contribution in [-0.2, 0) is 0 Å². The Labute approximate surface area is 74.0 Å². The molecule has 0 aliphatic carbocycles. The van der Waals surface area contributed by atoms with Crippen LogP contribution in [-0.4, -0.2) is 20.9 Å². The van der Waals surface area contributed by atoms with E-state index in [0.29, 0.717) is 4.58 Å². The molecule has 9 heavy (non-hydrogen) atoms. The van der Waals surface area contributed by atoms with Crippen LogP contribution >= 0.6 is 46.7 Å². The highest BCUT2D eigenvalue weighted by Gasteiger charge is 2.20. The molecule has 54 valence electrons. The molecule has 1 fully saturated rings. The average molecular weight is 203 g/mol. The molecular weight excluding hydrogens is 195 g/mol. The summed E-state index contributed by atoms with van der Waals surface area (Å²) in [5.74, 6) is 2.43. The minimum atomic E-state index is -0.194. The monoisotopic (exact) mass is 202 g/mol. The van der Waals surface area contributed by atoms with Crippen LogP contribution in [0.3, 0.4) is 0 Å². The second-order valence-corrected chi connectivity index (χ2v) is 5.76. The second-order valence-electron chi connectivity index (χ2n) is 1.80. The van der Waals surface area contributed by atoms with Gasteiger partial charge in [0.2, 0.25) is 0 Å². The van der Waals surface area contributed by atoms with Crippen LogP contribution in [0.2, 0.25) is 0 Å². The summed E-state index contributed by atoms with van der Waals surface area (Å²) in [5, 5.41) is 0. The van der Waals surface area contributed by atoms with E-state index in [0.717, 1.165) is 0 Å². The van der Waals surface area contributed by atoms with Gasteiger partial charge in [-0.1, -0.05) is 0 Å². The molecule has 1 aliphatic heterocycles. The third kappa shape index (κ3) is 2.79. The Balaban J connectivity index is 2.23. The van der Waals surface area contributed by atoms with Crippen LogP contribution < -0.4 is 0 Å². The van der Waals surface area contributed by atoms with Gasteiger partial charge in [-0.15, -0.1) is 46.7 Å². The number of rotatable bonds is 1. The summed E-state index contributed by atoms with van der Waals surface area (Å²) in [4.78, 5) is -0.194. The topological polar surface area (TPSA) is 0 Å². The molecule has 0 amide bonds. The quantitative estimate of drug-likeness (QED) is 0.601. The van der Waals surface area contributed by atoms with E-state index < -0.39 is 0 Å². The van der Waals surface area contributed by atoms with Crippen molar-refractivity contribution in [3.05, 3.63) is 0 Å². The molecule has 0 atom stereocenters. The maximum atomic E-state index is 5.68. The zero-order valence-electron chi connectivity index (χ0n) is 4.85. The fourth-order valence-corrected chi connectivity index (χ4v) is 4.05. The van der Waals surface area contributed by atoms with Gasteiger partial charge in [-0.05, 0) is 17.9 Å². The lowest BCUT2D eigenvalue weighted by atomic mass is 10.6. The van der Waals surface area contributed by atoms with Gasteiger partial charge in [-0.2, -0.15) is 0 Å². The SMILES string of the molecule is ClC(Cl)C1SCCCS1. The Morgan fingerprint density at radius 1 is 1.22 bits per heavy atom. The normalized spacial score (nSPS) is 23.0. The Kier molecular flexibility index (Phi) is 3.93. The number of halogens is 2. The molecule has 0 radical (unpaired) electrons. The Morgan fingerprint density at radius 3 is 2.11 bits per heavy atom. The lowest BCUT2D eigenvalue weighted by molar-refractivity contribution is 1.09. The summed E-state index contributed by atoms with van der Waals surface area (Å²) in [6, 6.07) is 0. The van der Waals surface area contributed by atoms with Gasteiger partial charge in [0.15, 0.2) is 0 Å². The summed E-state index contributed by atoms with van der Waals surface area (Å²) < 4.78 is 0.419. The molecule has 0 nitrogen and oxygen atoms in total. The number of thioether (sulfide) groups is 2. The van der Waals surface area contributed by atoms with E-state index in [2.05, 4.69) is 0 Å². The maximum absolute atomic E-state index is 5.68. The largest absolute Gasteiger partial charge is 0.145 e. The fraction of sp³-hybridized carbons (Fsp3) is 1.00. The lowest BCUT2D eigenvalue weighted by Gasteiger charge is -2.20. The number of alkyl halides is 2. The summed E-state index contributed by atoms with van der Waals surface area (Å²) in [6.45, 7) is 0. The highest BCUT2D eigenvalue weighted by molar-refractivity contribution is 8.17. The highest BCUT2D eigenvalue weighted by Crippen LogP contribution is 2.36. The van der Waals surface area contributed by atoms with Crippen LogP contribution in [0, 0.1) is 0 Å². The standard InChI is InChI=1S/C5H8Cl2S2/c6-4(7)5-8-2-1-3-9-5/h4-5H,1-3H2. The Hall–Kier alpha value is 1.28. The van der Waals surface area contributed by atoms with E-state index in [1.807, 2.05) is 23.5 Å². The minimum Gasteiger partial charge on any atom is -0.145 e. The van der Waals surface area contributed by atoms with Crippen molar-refractivity contribution < 1.29 is 0 Å². The first-order chi connectivity index (χ1) is 4.30. The summed E-state index contributed by atoms with van der Waals surface area (Å²) in [6.07, 6.45) is 1.30. The first-order valence-electron chi connectivity index (χ1n) is 2.82. The van der Waals surface area contributed by atoms with Gasteiger partial charge in [0.25, 0.3) is 0 Å². The van der Waals surface area contributed by atoms with Crippen LogP contribution in [0.4, 0.5) is 0 Å². The Morgan fingerprint density at radius 2 is 1.78 bits per heavy atom. The first kappa shape index (κ1) is 8.38. The van der Waals surface area contributed by atoms with Crippen molar-refractivity contribution in [1.82, 2.24) is 0 Å². The van der Waals surface area contributed by atoms with Crippen molar-refractivity contribution in [1.29, 1.82) is 0 Å². The van der Waals surface area contributed by atoms with Crippen molar-refractivity contribution in [2.24, 2.45) is 0 Å². The summed E-state index contributed by atoms with van der Waals surface area (Å²) in [7, 11) is 0. The molecule has 1 aliphatic rings. The number of hydrogen-bond acceptors (Lipinski definition) is 2. The molecule has 0 N–H and O–H groups in total. The predicted molar refractivity (Wildman–Crippen MR) is 48.8 cm³/mol. The molecular formula is C5H8Cl2S2. The molecule has 0 aromatic rings. The zero-order chi connectivity index (χ0) is 6.69. The van der Waals surface area contributed by atoms with E-state index in [4.69, 9.17) is 23.2 Å². The third-order valence-corrected chi connectivity index (χ3v) is 5.23. The predicted octanol–water partition coefficient (Wildman–Crippen LogP) is 2.99. The van der Waals surface area contributed by atoms with Crippen molar-refractivity contribution in [3.8, 4) is 0 Å². The third-order valence-electron chi connectivity index (χ3n) is 1.06. The van der Waals surface area contributed by atoms with E-state index in [1.54, 1.807) is 0 Å². The summed E-state index contributed by atoms with van der Waals surface area (Å²) in [5.41, 5.74) is 0. The summed E-state index contributed by atoms with van der Waals surface area (Å²) >= 11 is 15.1. The molecule has 0 bridgehead atoms. The maximum Gasteiger partial charge on any atom is 0.128 e. The van der Waals surface area contributed by atoms with E-state index in [1.165, 1.54) is 17.9 Å². The van der Waals surface area contributed by atoms with E-state index in [-0.39, 0.29) is 4.84 Å². The molecule has 0 unspecified atom stereocenters. The van der Waals surface area contributed by atoms with Crippen molar-refractivity contribution in [2.45, 2.75) is 15.8 Å².